The first-order chi connectivity index (χ1) is 24.3. The molecule has 0 atom stereocenters. The highest BCUT2D eigenvalue weighted by atomic mass is 127. The molecular formula is C38H42I4N6O4. The van der Waals surface area contributed by atoms with Crippen LogP contribution >= 0.6 is 90.4 Å². The Labute approximate surface area is 361 Å². The number of hydrogen-bond donors (Lipinski definition) is 4. The lowest BCUT2D eigenvalue weighted by molar-refractivity contribution is 0.230. The summed E-state index contributed by atoms with van der Waals surface area (Å²) in [5.41, 5.74) is 5.38. The summed E-state index contributed by atoms with van der Waals surface area (Å²) in [6.45, 7) is 8.58. The number of nitrogens with zero attached hydrogens (tertiary/aromatic N) is 4. The van der Waals surface area contributed by atoms with E-state index in [1.165, 1.54) is 20.9 Å². The number of urea groups is 2. The van der Waals surface area contributed by atoms with Crippen LogP contribution in [0.3, 0.4) is 0 Å². The molecule has 0 aromatic heterocycles. The second-order valence-electron chi connectivity index (χ2n) is 12.0. The Kier molecular flexibility index (Phi) is 21.3. The minimum absolute atomic E-state index is 0.104. The fourth-order valence-corrected chi connectivity index (χ4v) is 7.17. The Balaban J connectivity index is 0.000000350. The van der Waals surface area contributed by atoms with Crippen molar-refractivity contribution >= 4 is 114 Å². The summed E-state index contributed by atoms with van der Waals surface area (Å²) < 4.78 is 2.86. The number of benzene rings is 4. The van der Waals surface area contributed by atoms with Crippen molar-refractivity contribution in [2.45, 2.75) is 39.5 Å². The first-order valence-electron chi connectivity index (χ1n) is 15.6. The van der Waals surface area contributed by atoms with Gasteiger partial charge in [-0.2, -0.15) is 10.5 Å². The Morgan fingerprint density at radius 2 is 0.827 bits per heavy atom. The maximum atomic E-state index is 11.3. The number of phenols is 2. The van der Waals surface area contributed by atoms with E-state index in [4.69, 9.17) is 10.5 Å². The van der Waals surface area contributed by atoms with Crippen LogP contribution in [0.5, 0.6) is 11.5 Å². The number of carbonyl (C=O) groups is 2. The number of anilines is 2. The fourth-order valence-electron chi connectivity index (χ4n) is 3.63. The summed E-state index contributed by atoms with van der Waals surface area (Å²) in [5, 5.41) is 41.3. The highest BCUT2D eigenvalue weighted by molar-refractivity contribution is 14.1. The zero-order valence-electron chi connectivity index (χ0n) is 30.1. The van der Waals surface area contributed by atoms with Crippen LogP contribution in [-0.2, 0) is 0 Å². The van der Waals surface area contributed by atoms with E-state index in [9.17, 15) is 19.8 Å². The van der Waals surface area contributed by atoms with Crippen LogP contribution in [-0.4, -0.2) is 60.3 Å². The molecule has 4 aromatic carbocycles. The predicted molar refractivity (Wildman–Crippen MR) is 243 cm³/mol. The fraction of sp³-hybridized carbons (Fsp3) is 0.263. The third kappa shape index (κ3) is 16.7. The minimum Gasteiger partial charge on any atom is -0.506 e. The molecule has 4 N–H and O–H groups in total. The molecular weight excluding hydrogens is 1110 g/mol. The van der Waals surface area contributed by atoms with E-state index in [2.05, 4.69) is 38.3 Å². The molecule has 4 aromatic rings. The van der Waals surface area contributed by atoms with Gasteiger partial charge in [-0.1, -0.05) is 52.0 Å². The highest BCUT2D eigenvalue weighted by Gasteiger charge is 2.07. The van der Waals surface area contributed by atoms with Crippen molar-refractivity contribution in [3.05, 3.63) is 109 Å². The van der Waals surface area contributed by atoms with Crippen LogP contribution in [0.4, 0.5) is 21.0 Å². The first kappa shape index (κ1) is 46.9. The van der Waals surface area contributed by atoms with Gasteiger partial charge in [0.25, 0.3) is 0 Å². The lowest BCUT2D eigenvalue weighted by Crippen LogP contribution is -2.27. The molecule has 0 radical (unpaired) electrons. The summed E-state index contributed by atoms with van der Waals surface area (Å²) in [7, 11) is 6.88. The molecule has 0 heterocycles. The van der Waals surface area contributed by atoms with Crippen LogP contribution in [0.1, 0.15) is 61.8 Å². The van der Waals surface area contributed by atoms with E-state index in [0.29, 0.717) is 37.2 Å². The smallest absolute Gasteiger partial charge is 0.321 e. The van der Waals surface area contributed by atoms with Gasteiger partial charge in [-0.25, -0.2) is 9.59 Å². The van der Waals surface area contributed by atoms with Gasteiger partial charge in [0.05, 0.1) is 37.5 Å². The number of nitrogens with one attached hydrogen (secondary N) is 2. The summed E-state index contributed by atoms with van der Waals surface area (Å²) in [5.74, 6) is 1.54. The third-order valence-electron chi connectivity index (χ3n) is 6.76. The van der Waals surface area contributed by atoms with Gasteiger partial charge in [0.15, 0.2) is 0 Å². The Morgan fingerprint density at radius 3 is 1.02 bits per heavy atom. The molecule has 0 fully saturated rings. The molecule has 0 saturated heterocycles. The maximum Gasteiger partial charge on any atom is 0.321 e. The lowest BCUT2D eigenvalue weighted by Gasteiger charge is -2.12. The summed E-state index contributed by atoms with van der Waals surface area (Å²) in [6, 6.07) is 26.3. The maximum absolute atomic E-state index is 11.3. The van der Waals surface area contributed by atoms with Crippen LogP contribution in [0.15, 0.2) is 72.8 Å². The van der Waals surface area contributed by atoms with Gasteiger partial charge in [0.2, 0.25) is 0 Å². The molecule has 0 aliphatic heterocycles. The molecule has 10 nitrogen and oxygen atoms in total. The highest BCUT2D eigenvalue weighted by Crippen LogP contribution is 2.28. The molecule has 52 heavy (non-hydrogen) atoms. The average molecular weight is 1150 g/mol. The van der Waals surface area contributed by atoms with E-state index < -0.39 is 0 Å². The molecule has 0 aliphatic rings. The zero-order valence-corrected chi connectivity index (χ0v) is 38.7. The van der Waals surface area contributed by atoms with Crippen molar-refractivity contribution in [3.8, 4) is 23.6 Å². The van der Waals surface area contributed by atoms with Gasteiger partial charge < -0.3 is 30.6 Å². The zero-order chi connectivity index (χ0) is 39.7. The van der Waals surface area contributed by atoms with E-state index in [1.807, 2.05) is 151 Å². The number of amides is 4. The van der Waals surface area contributed by atoms with Crippen molar-refractivity contribution in [2.24, 2.45) is 0 Å². The summed E-state index contributed by atoms with van der Waals surface area (Å²) in [4.78, 5) is 25.7. The van der Waals surface area contributed by atoms with Crippen LogP contribution in [0.25, 0.3) is 0 Å². The van der Waals surface area contributed by atoms with Crippen molar-refractivity contribution in [1.29, 1.82) is 10.5 Å². The molecule has 4 amide bonds. The Bertz CT molecular complexity index is 1690. The van der Waals surface area contributed by atoms with E-state index in [0.717, 1.165) is 11.4 Å². The van der Waals surface area contributed by atoms with Crippen molar-refractivity contribution < 1.29 is 19.8 Å². The van der Waals surface area contributed by atoms with Gasteiger partial charge in [-0.15, -0.1) is 0 Å². The van der Waals surface area contributed by atoms with E-state index in [-0.39, 0.29) is 23.6 Å². The first-order valence-corrected chi connectivity index (χ1v) is 19.9. The normalized spacial score (nSPS) is 9.77. The van der Waals surface area contributed by atoms with E-state index in [1.54, 1.807) is 52.5 Å². The number of phenolic OH excluding ortho intramolecular Hbond substituents is 2. The van der Waals surface area contributed by atoms with E-state index >= 15 is 0 Å². The number of hydrogen-bond acceptors (Lipinski definition) is 6. The second-order valence-corrected chi connectivity index (χ2v) is 16.7. The summed E-state index contributed by atoms with van der Waals surface area (Å²) in [6.07, 6.45) is 0. The monoisotopic (exact) mass is 1150 g/mol. The number of aromatic hydroxyl groups is 2. The number of rotatable bonds is 4. The van der Waals surface area contributed by atoms with Gasteiger partial charge in [-0.05, 0) is 162 Å². The standard InChI is InChI=1S/2C12H18N2O.2C7H3I2NO/c2*1-9(2)10-5-7-11(8-6-10)13-12(15)14(3)4;2*8-5-1-4(3-10)2-6(9)7(5)11/h2*5-9H,1-4H3,(H,13,15);2*1-2,11H. The van der Waals surface area contributed by atoms with Gasteiger partial charge in [0, 0.05) is 39.6 Å². The predicted octanol–water partition coefficient (Wildman–Crippen LogP) is 10.8. The molecule has 276 valence electrons. The molecule has 4 rings (SSSR count). The molecule has 0 aliphatic carbocycles. The van der Waals surface area contributed by atoms with Gasteiger partial charge >= 0.3 is 12.1 Å². The molecule has 0 spiro atoms. The molecule has 0 unspecified atom stereocenters. The number of nitriles is 2. The molecule has 0 saturated carbocycles. The van der Waals surface area contributed by atoms with Crippen molar-refractivity contribution in [1.82, 2.24) is 9.80 Å². The topological polar surface area (TPSA) is 153 Å². The number of halogens is 4. The van der Waals surface area contributed by atoms with Crippen molar-refractivity contribution in [2.75, 3.05) is 38.8 Å². The molecule has 14 heteroatoms. The molecule has 0 bridgehead atoms. The van der Waals surface area contributed by atoms with Gasteiger partial charge in [-0.3, -0.25) is 0 Å². The SMILES string of the molecule is CC(C)c1ccc(NC(=O)N(C)C)cc1.CC(C)c1ccc(NC(=O)N(C)C)cc1.N#Cc1cc(I)c(O)c(I)c1.N#Cc1cc(I)c(O)c(I)c1. The Morgan fingerprint density at radius 1 is 0.577 bits per heavy atom. The largest absolute Gasteiger partial charge is 0.506 e. The third-order valence-corrected chi connectivity index (χ3v) is 10.1. The van der Waals surface area contributed by atoms with Crippen LogP contribution < -0.4 is 10.6 Å². The van der Waals surface area contributed by atoms with Crippen LogP contribution in [0, 0.1) is 36.9 Å². The number of carbonyl (C=O) groups excluding carboxylic acids is 2. The average Bonchev–Trinajstić information content (AvgIpc) is 3.10. The minimum atomic E-state index is -0.104. The van der Waals surface area contributed by atoms with Crippen molar-refractivity contribution in [3.63, 3.8) is 0 Å². The summed E-state index contributed by atoms with van der Waals surface area (Å²) >= 11 is 7.97. The second kappa shape index (κ2) is 23.6. The van der Waals surface area contributed by atoms with Crippen LogP contribution in [0.2, 0.25) is 0 Å². The quantitative estimate of drug-likeness (QED) is 0.149. The Hall–Kier alpha value is -3.08. The van der Waals surface area contributed by atoms with Gasteiger partial charge in [0.1, 0.15) is 11.5 Å². The lowest BCUT2D eigenvalue weighted by atomic mass is 10.0.